The third kappa shape index (κ3) is 3.31. The minimum Gasteiger partial charge on any atom is -0.507 e. The molecule has 0 bridgehead atoms. The van der Waals surface area contributed by atoms with Gasteiger partial charge in [0, 0.05) is 6.07 Å². The summed E-state index contributed by atoms with van der Waals surface area (Å²) in [5, 5.41) is 16.6. The van der Waals surface area contributed by atoms with E-state index < -0.39 is 17.3 Å². The quantitative estimate of drug-likeness (QED) is 0.718. The van der Waals surface area contributed by atoms with E-state index >= 15 is 0 Å². The largest absolute Gasteiger partial charge is 0.507 e. The standard InChI is InChI=1S/C21H23N3O4S/c1-10(2)12-8-14(25)27-19-15(12)18-11(6-7-21(3,4)28-18)17(26)16(19)13-9-22-24-20(23-13)29-5/h6-10,13,26H,1-5H3,(H,23,24). The Morgan fingerprint density at radius 3 is 2.79 bits per heavy atom. The maximum absolute atomic E-state index is 12.4. The first kappa shape index (κ1) is 19.6. The van der Waals surface area contributed by atoms with Gasteiger partial charge in [0.15, 0.2) is 10.8 Å². The molecule has 1 aromatic carbocycles. The summed E-state index contributed by atoms with van der Waals surface area (Å²) in [5.74, 6) is 0.541. The summed E-state index contributed by atoms with van der Waals surface area (Å²) in [4.78, 5) is 17.0. The Morgan fingerprint density at radius 2 is 2.10 bits per heavy atom. The van der Waals surface area contributed by atoms with Crippen LogP contribution in [0.1, 0.15) is 56.3 Å². The molecule has 2 aliphatic rings. The number of phenolic OH excluding ortho intramolecular Hbond substituents is 1. The summed E-state index contributed by atoms with van der Waals surface area (Å²) < 4.78 is 11.9. The molecule has 4 rings (SSSR count). The van der Waals surface area contributed by atoms with Crippen molar-refractivity contribution < 1.29 is 14.3 Å². The number of nitrogens with zero attached hydrogens (tertiary/aromatic N) is 2. The fourth-order valence-electron chi connectivity index (χ4n) is 3.59. The van der Waals surface area contributed by atoms with Crippen molar-refractivity contribution in [3.8, 4) is 11.5 Å². The van der Waals surface area contributed by atoms with E-state index in [1.807, 2.05) is 46.1 Å². The number of benzene rings is 1. The van der Waals surface area contributed by atoms with Gasteiger partial charge in [0.05, 0.1) is 22.7 Å². The Labute approximate surface area is 172 Å². The van der Waals surface area contributed by atoms with Crippen LogP contribution in [0.2, 0.25) is 0 Å². The molecule has 2 aromatic rings. The highest BCUT2D eigenvalue weighted by molar-refractivity contribution is 8.13. The summed E-state index contributed by atoms with van der Waals surface area (Å²) in [6.07, 6.45) is 7.21. The van der Waals surface area contributed by atoms with Crippen LogP contribution in [0.5, 0.6) is 11.5 Å². The second-order valence-corrected chi connectivity index (χ2v) is 8.69. The zero-order valence-electron chi connectivity index (χ0n) is 16.9. The fraction of sp³-hybridized carbons (Fsp3) is 0.381. The fourth-order valence-corrected chi connectivity index (χ4v) is 3.95. The highest BCUT2D eigenvalue weighted by Crippen LogP contribution is 2.49. The van der Waals surface area contributed by atoms with Gasteiger partial charge in [-0.3, -0.25) is 5.43 Å². The number of rotatable bonds is 2. The molecular formula is C21H23N3O4S. The topological polar surface area (TPSA) is 96.4 Å². The summed E-state index contributed by atoms with van der Waals surface area (Å²) in [6.45, 7) is 7.89. The maximum atomic E-state index is 12.4. The van der Waals surface area contributed by atoms with E-state index in [9.17, 15) is 9.90 Å². The van der Waals surface area contributed by atoms with Crippen molar-refractivity contribution in [2.75, 3.05) is 6.26 Å². The molecule has 0 amide bonds. The molecule has 2 N–H and O–H groups in total. The van der Waals surface area contributed by atoms with Crippen molar-refractivity contribution in [2.24, 2.45) is 10.1 Å². The van der Waals surface area contributed by atoms with Crippen LogP contribution in [0.15, 0.2) is 31.4 Å². The lowest BCUT2D eigenvalue weighted by molar-refractivity contribution is 0.160. The number of ether oxygens (including phenoxy) is 1. The third-order valence-corrected chi connectivity index (χ3v) is 5.56. The minimum atomic E-state index is -0.597. The van der Waals surface area contributed by atoms with Crippen molar-refractivity contribution >= 4 is 40.2 Å². The van der Waals surface area contributed by atoms with E-state index in [0.717, 1.165) is 5.56 Å². The molecule has 0 saturated carbocycles. The molecule has 7 nitrogen and oxygen atoms in total. The van der Waals surface area contributed by atoms with Crippen molar-refractivity contribution in [1.82, 2.24) is 5.43 Å². The molecule has 152 valence electrons. The van der Waals surface area contributed by atoms with Gasteiger partial charge in [-0.2, -0.15) is 5.10 Å². The average molecular weight is 413 g/mol. The van der Waals surface area contributed by atoms with Crippen LogP contribution in [0.4, 0.5) is 0 Å². The van der Waals surface area contributed by atoms with Gasteiger partial charge in [0.25, 0.3) is 0 Å². The van der Waals surface area contributed by atoms with Gasteiger partial charge in [-0.25, -0.2) is 9.79 Å². The van der Waals surface area contributed by atoms with Crippen LogP contribution >= 0.6 is 11.8 Å². The van der Waals surface area contributed by atoms with Gasteiger partial charge < -0.3 is 14.3 Å². The Hall–Kier alpha value is -2.74. The van der Waals surface area contributed by atoms with Crippen molar-refractivity contribution in [1.29, 1.82) is 0 Å². The highest BCUT2D eigenvalue weighted by Gasteiger charge is 2.33. The van der Waals surface area contributed by atoms with E-state index in [2.05, 4.69) is 15.5 Å². The van der Waals surface area contributed by atoms with Gasteiger partial charge in [0.1, 0.15) is 23.1 Å². The average Bonchev–Trinajstić information content (AvgIpc) is 2.66. The van der Waals surface area contributed by atoms with Gasteiger partial charge in [-0.15, -0.1) is 0 Å². The molecule has 0 saturated heterocycles. The molecule has 0 aliphatic carbocycles. The molecular weight excluding hydrogens is 390 g/mol. The van der Waals surface area contributed by atoms with Crippen LogP contribution in [-0.2, 0) is 0 Å². The number of phenols is 1. The smallest absolute Gasteiger partial charge is 0.336 e. The predicted octanol–water partition coefficient (Wildman–Crippen LogP) is 4.16. The van der Waals surface area contributed by atoms with E-state index in [-0.39, 0.29) is 17.3 Å². The summed E-state index contributed by atoms with van der Waals surface area (Å²) in [6, 6.07) is 0.899. The predicted molar refractivity (Wildman–Crippen MR) is 117 cm³/mol. The normalized spacial score (nSPS) is 19.7. The van der Waals surface area contributed by atoms with Gasteiger partial charge in [-0.05, 0) is 43.7 Å². The highest BCUT2D eigenvalue weighted by atomic mass is 32.2. The van der Waals surface area contributed by atoms with Crippen LogP contribution in [-0.4, -0.2) is 28.3 Å². The molecule has 8 heteroatoms. The molecule has 0 spiro atoms. The zero-order chi connectivity index (χ0) is 20.9. The third-order valence-electron chi connectivity index (χ3n) is 4.98. The summed E-state index contributed by atoms with van der Waals surface area (Å²) in [7, 11) is 0. The van der Waals surface area contributed by atoms with E-state index in [1.165, 1.54) is 17.8 Å². The van der Waals surface area contributed by atoms with E-state index in [4.69, 9.17) is 9.15 Å². The van der Waals surface area contributed by atoms with Crippen molar-refractivity contribution in [2.45, 2.75) is 45.3 Å². The molecule has 0 fully saturated rings. The SMILES string of the molecule is CSC1=NC(c2c(O)c3c(c4c(C(C)C)cc(=O)oc24)OC(C)(C)C=C3)C=NN1. The molecule has 1 atom stereocenters. The first-order valence-electron chi connectivity index (χ1n) is 9.37. The van der Waals surface area contributed by atoms with Crippen LogP contribution < -0.4 is 15.8 Å². The molecule has 1 aromatic heterocycles. The molecule has 0 radical (unpaired) electrons. The number of aromatic hydroxyl groups is 1. The maximum Gasteiger partial charge on any atom is 0.336 e. The van der Waals surface area contributed by atoms with Crippen LogP contribution in [0, 0.1) is 0 Å². The molecule has 2 aliphatic heterocycles. The Balaban J connectivity index is 2.14. The lowest BCUT2D eigenvalue weighted by atomic mass is 9.90. The molecule has 1 unspecified atom stereocenters. The van der Waals surface area contributed by atoms with Crippen molar-refractivity contribution in [3.63, 3.8) is 0 Å². The van der Waals surface area contributed by atoms with E-state index in [0.29, 0.717) is 27.4 Å². The van der Waals surface area contributed by atoms with Crippen LogP contribution in [0.25, 0.3) is 17.0 Å². The monoisotopic (exact) mass is 413 g/mol. The van der Waals surface area contributed by atoms with Gasteiger partial charge >= 0.3 is 5.63 Å². The summed E-state index contributed by atoms with van der Waals surface area (Å²) in [5.41, 5.74) is 3.83. The second kappa shape index (κ2) is 6.95. The van der Waals surface area contributed by atoms with Gasteiger partial charge in [0.2, 0.25) is 0 Å². The number of fused-ring (bicyclic) bond motifs is 3. The number of hydrogen-bond acceptors (Lipinski definition) is 8. The molecule has 29 heavy (non-hydrogen) atoms. The zero-order valence-corrected chi connectivity index (χ0v) is 17.8. The number of hydrazone groups is 1. The molecule has 3 heterocycles. The first-order valence-corrected chi connectivity index (χ1v) is 10.6. The number of thioether (sulfide) groups is 1. The number of amidine groups is 1. The van der Waals surface area contributed by atoms with Gasteiger partial charge in [-0.1, -0.05) is 25.6 Å². The lowest BCUT2D eigenvalue weighted by Crippen LogP contribution is -2.28. The first-order chi connectivity index (χ1) is 13.7. The Bertz CT molecular complexity index is 1150. The second-order valence-electron chi connectivity index (χ2n) is 7.90. The Morgan fingerprint density at radius 1 is 1.34 bits per heavy atom. The summed E-state index contributed by atoms with van der Waals surface area (Å²) >= 11 is 1.41. The number of hydrogen-bond donors (Lipinski definition) is 2. The van der Waals surface area contributed by atoms with E-state index in [1.54, 1.807) is 6.21 Å². The Kier molecular flexibility index (Phi) is 4.69. The number of nitrogens with one attached hydrogen (secondary N) is 1. The number of aliphatic imine (C=N–C) groups is 1. The van der Waals surface area contributed by atoms with Crippen molar-refractivity contribution in [3.05, 3.63) is 39.3 Å². The van der Waals surface area contributed by atoms with Crippen LogP contribution in [0.3, 0.4) is 0 Å². The lowest BCUT2D eigenvalue weighted by Gasteiger charge is -2.31. The minimum absolute atomic E-state index is 0.0224.